The summed E-state index contributed by atoms with van der Waals surface area (Å²) in [6, 6.07) is 0.429. The van der Waals surface area contributed by atoms with Crippen molar-refractivity contribution in [2.45, 2.75) is 52.5 Å². The summed E-state index contributed by atoms with van der Waals surface area (Å²) in [4.78, 5) is 14.3. The van der Waals surface area contributed by atoms with Crippen molar-refractivity contribution in [3.05, 3.63) is 0 Å². The lowest BCUT2D eigenvalue weighted by molar-refractivity contribution is -0.132. The highest BCUT2D eigenvalue weighted by molar-refractivity contribution is 5.85. The van der Waals surface area contributed by atoms with Gasteiger partial charge in [0.2, 0.25) is 5.91 Å². The van der Waals surface area contributed by atoms with Crippen LogP contribution in [-0.4, -0.2) is 37.0 Å². The number of likely N-dealkylation sites (N-methyl/N-ethyl adjacent to an activating group) is 1. The molecule has 1 heterocycles. The summed E-state index contributed by atoms with van der Waals surface area (Å²) in [6.45, 7) is 8.53. The molecule has 1 amide bonds. The van der Waals surface area contributed by atoms with Crippen LogP contribution in [0.4, 0.5) is 0 Å². The number of amides is 1. The molecule has 4 heteroatoms. The van der Waals surface area contributed by atoms with Gasteiger partial charge in [0.25, 0.3) is 0 Å². The zero-order valence-corrected chi connectivity index (χ0v) is 13.1. The number of nitrogens with one attached hydrogen (secondary N) is 1. The minimum atomic E-state index is 0. The van der Waals surface area contributed by atoms with Crippen molar-refractivity contribution in [3.63, 3.8) is 0 Å². The van der Waals surface area contributed by atoms with E-state index in [-0.39, 0.29) is 12.4 Å². The molecule has 0 aromatic carbocycles. The van der Waals surface area contributed by atoms with Gasteiger partial charge in [0, 0.05) is 25.6 Å². The number of carbonyl (C=O) groups excluding carboxylic acids is 1. The zero-order chi connectivity index (χ0) is 12.8. The fourth-order valence-electron chi connectivity index (χ4n) is 2.92. The lowest BCUT2D eigenvalue weighted by Gasteiger charge is -2.26. The monoisotopic (exact) mass is 276 g/mol. The standard InChI is InChI=1S/C14H28N2O.ClH/c1-11(2)8-12(3)9-14(17)16-7-5-6-13(16)10-15-4;/h11-13,15H,5-10H2,1-4H3;1H. The van der Waals surface area contributed by atoms with Gasteiger partial charge in [0.15, 0.2) is 0 Å². The SMILES string of the molecule is CNCC1CCCN1C(=O)CC(C)CC(C)C.Cl. The largest absolute Gasteiger partial charge is 0.338 e. The quantitative estimate of drug-likeness (QED) is 0.809. The Morgan fingerprint density at radius 1 is 1.39 bits per heavy atom. The lowest BCUT2D eigenvalue weighted by atomic mass is 9.95. The molecule has 108 valence electrons. The Balaban J connectivity index is 0.00000289. The van der Waals surface area contributed by atoms with E-state index in [0.29, 0.717) is 23.8 Å². The average Bonchev–Trinajstić information content (AvgIpc) is 2.64. The Hall–Kier alpha value is -0.280. The molecule has 0 aromatic rings. The molecule has 0 aliphatic carbocycles. The first-order valence-corrected chi connectivity index (χ1v) is 6.98. The zero-order valence-electron chi connectivity index (χ0n) is 12.2. The van der Waals surface area contributed by atoms with Crippen LogP contribution in [0.1, 0.15) is 46.5 Å². The first kappa shape index (κ1) is 17.7. The van der Waals surface area contributed by atoms with Crippen LogP contribution in [0.2, 0.25) is 0 Å². The van der Waals surface area contributed by atoms with Crippen molar-refractivity contribution in [3.8, 4) is 0 Å². The number of likely N-dealkylation sites (tertiary alicyclic amines) is 1. The Kier molecular flexibility index (Phi) is 8.62. The highest BCUT2D eigenvalue weighted by Crippen LogP contribution is 2.21. The van der Waals surface area contributed by atoms with Crippen LogP contribution in [0.15, 0.2) is 0 Å². The van der Waals surface area contributed by atoms with E-state index in [4.69, 9.17) is 0 Å². The average molecular weight is 277 g/mol. The molecule has 18 heavy (non-hydrogen) atoms. The summed E-state index contributed by atoms with van der Waals surface area (Å²) in [5.74, 6) is 1.55. The Bertz CT molecular complexity index is 246. The van der Waals surface area contributed by atoms with Gasteiger partial charge in [0.1, 0.15) is 0 Å². The van der Waals surface area contributed by atoms with Crippen molar-refractivity contribution in [1.29, 1.82) is 0 Å². The Morgan fingerprint density at radius 2 is 2.06 bits per heavy atom. The van der Waals surface area contributed by atoms with Gasteiger partial charge < -0.3 is 10.2 Å². The molecule has 0 spiro atoms. The molecule has 0 saturated carbocycles. The van der Waals surface area contributed by atoms with Gasteiger partial charge in [-0.25, -0.2) is 0 Å². The molecule has 0 bridgehead atoms. The van der Waals surface area contributed by atoms with E-state index in [2.05, 4.69) is 31.0 Å². The first-order chi connectivity index (χ1) is 8.04. The predicted molar refractivity (Wildman–Crippen MR) is 79.1 cm³/mol. The maximum atomic E-state index is 12.2. The van der Waals surface area contributed by atoms with Gasteiger partial charge in [-0.05, 0) is 38.1 Å². The fourth-order valence-corrected chi connectivity index (χ4v) is 2.92. The van der Waals surface area contributed by atoms with Crippen molar-refractivity contribution >= 4 is 18.3 Å². The van der Waals surface area contributed by atoms with Gasteiger partial charge in [0.05, 0.1) is 0 Å². The smallest absolute Gasteiger partial charge is 0.223 e. The number of hydrogen-bond donors (Lipinski definition) is 1. The summed E-state index contributed by atoms with van der Waals surface area (Å²) in [5, 5.41) is 3.19. The fraction of sp³-hybridized carbons (Fsp3) is 0.929. The van der Waals surface area contributed by atoms with Crippen molar-refractivity contribution in [1.82, 2.24) is 10.2 Å². The molecule has 3 nitrogen and oxygen atoms in total. The van der Waals surface area contributed by atoms with Crippen LogP contribution in [0.3, 0.4) is 0 Å². The van der Waals surface area contributed by atoms with E-state index < -0.39 is 0 Å². The summed E-state index contributed by atoms with van der Waals surface area (Å²) in [6.07, 6.45) is 4.19. The second-order valence-electron chi connectivity index (χ2n) is 5.88. The van der Waals surface area contributed by atoms with Crippen molar-refractivity contribution in [2.75, 3.05) is 20.1 Å². The molecule has 2 unspecified atom stereocenters. The van der Waals surface area contributed by atoms with E-state index in [0.717, 1.165) is 38.8 Å². The maximum Gasteiger partial charge on any atom is 0.223 e. The molecule has 1 saturated heterocycles. The Morgan fingerprint density at radius 3 is 2.61 bits per heavy atom. The van der Waals surface area contributed by atoms with E-state index in [1.54, 1.807) is 0 Å². The molecule has 1 N–H and O–H groups in total. The van der Waals surface area contributed by atoms with Gasteiger partial charge in [-0.2, -0.15) is 0 Å². The third-order valence-corrected chi connectivity index (χ3v) is 3.53. The molecule has 1 fully saturated rings. The van der Waals surface area contributed by atoms with Gasteiger partial charge in [-0.3, -0.25) is 4.79 Å². The number of rotatable bonds is 6. The van der Waals surface area contributed by atoms with Gasteiger partial charge in [-0.15, -0.1) is 12.4 Å². The topological polar surface area (TPSA) is 32.3 Å². The summed E-state index contributed by atoms with van der Waals surface area (Å²) in [7, 11) is 1.96. The highest BCUT2D eigenvalue weighted by Gasteiger charge is 2.28. The first-order valence-electron chi connectivity index (χ1n) is 6.98. The molecular weight excluding hydrogens is 248 g/mol. The molecule has 1 aliphatic rings. The molecule has 1 aliphatic heterocycles. The third kappa shape index (κ3) is 5.57. The minimum Gasteiger partial charge on any atom is -0.338 e. The van der Waals surface area contributed by atoms with Gasteiger partial charge in [-0.1, -0.05) is 20.8 Å². The number of hydrogen-bond acceptors (Lipinski definition) is 2. The van der Waals surface area contributed by atoms with Crippen molar-refractivity contribution < 1.29 is 4.79 Å². The van der Waals surface area contributed by atoms with E-state index >= 15 is 0 Å². The highest BCUT2D eigenvalue weighted by atomic mass is 35.5. The normalized spacial score (nSPS) is 20.9. The maximum absolute atomic E-state index is 12.2. The van der Waals surface area contributed by atoms with Crippen LogP contribution >= 0.6 is 12.4 Å². The minimum absolute atomic E-state index is 0. The second kappa shape index (κ2) is 8.76. The van der Waals surface area contributed by atoms with Crippen LogP contribution in [0, 0.1) is 11.8 Å². The molecular formula is C14H29ClN2O. The van der Waals surface area contributed by atoms with E-state index in [9.17, 15) is 4.79 Å². The lowest BCUT2D eigenvalue weighted by Crippen LogP contribution is -2.41. The summed E-state index contributed by atoms with van der Waals surface area (Å²) < 4.78 is 0. The molecule has 0 aromatic heterocycles. The number of carbonyl (C=O) groups is 1. The van der Waals surface area contributed by atoms with Crippen LogP contribution in [-0.2, 0) is 4.79 Å². The second-order valence-corrected chi connectivity index (χ2v) is 5.88. The van der Waals surface area contributed by atoms with Crippen molar-refractivity contribution in [2.24, 2.45) is 11.8 Å². The van der Waals surface area contributed by atoms with E-state index in [1.165, 1.54) is 0 Å². The van der Waals surface area contributed by atoms with E-state index in [1.807, 2.05) is 7.05 Å². The molecule has 1 rings (SSSR count). The summed E-state index contributed by atoms with van der Waals surface area (Å²) in [5.41, 5.74) is 0. The molecule has 0 radical (unpaired) electrons. The Labute approximate surface area is 118 Å². The number of halogens is 1. The van der Waals surface area contributed by atoms with Gasteiger partial charge >= 0.3 is 0 Å². The third-order valence-electron chi connectivity index (χ3n) is 3.53. The number of nitrogens with zero attached hydrogens (tertiary/aromatic N) is 1. The predicted octanol–water partition coefficient (Wildman–Crippen LogP) is 2.69. The molecule has 2 atom stereocenters. The van der Waals surface area contributed by atoms with Crippen LogP contribution in [0.25, 0.3) is 0 Å². The van der Waals surface area contributed by atoms with Crippen LogP contribution in [0.5, 0.6) is 0 Å². The summed E-state index contributed by atoms with van der Waals surface area (Å²) >= 11 is 0. The van der Waals surface area contributed by atoms with Crippen LogP contribution < -0.4 is 5.32 Å².